The second-order valence-corrected chi connectivity index (χ2v) is 7.04. The number of carbonyl (C=O) groups is 1. The molecule has 3 aromatic rings. The zero-order valence-corrected chi connectivity index (χ0v) is 16.4. The van der Waals surface area contributed by atoms with Crippen molar-refractivity contribution in [1.82, 2.24) is 15.6 Å². The molecule has 4 rings (SSSR count). The molecule has 5 nitrogen and oxygen atoms in total. The molecule has 2 heterocycles. The summed E-state index contributed by atoms with van der Waals surface area (Å²) in [6, 6.07) is 11.1. The molecule has 1 aliphatic rings. The third kappa shape index (κ3) is 4.99. The topological polar surface area (TPSA) is 82.9 Å². The highest BCUT2D eigenvalue weighted by molar-refractivity contribution is 5.99. The molecule has 0 radical (unpaired) electrons. The summed E-state index contributed by atoms with van der Waals surface area (Å²) < 4.78 is 27.2. The fraction of sp³-hybridized carbons (Fsp3) is 0.318. The van der Waals surface area contributed by atoms with Gasteiger partial charge in [0.25, 0.3) is 5.91 Å². The maximum atomic E-state index is 14.2. The van der Waals surface area contributed by atoms with Crippen LogP contribution in [0.4, 0.5) is 8.78 Å². The van der Waals surface area contributed by atoms with Crippen molar-refractivity contribution in [2.45, 2.75) is 13.3 Å². The Bertz CT molecular complexity index is 963. The Morgan fingerprint density at radius 3 is 2.48 bits per heavy atom. The molecular weight excluding hydrogens is 374 g/mol. The molecule has 1 atom stereocenters. The highest BCUT2D eigenvalue weighted by atomic mass is 19.1. The van der Waals surface area contributed by atoms with Gasteiger partial charge in [0.15, 0.2) is 5.82 Å². The molecule has 0 bridgehead atoms. The van der Waals surface area contributed by atoms with Gasteiger partial charge in [-0.1, -0.05) is 18.2 Å². The van der Waals surface area contributed by atoms with Crippen molar-refractivity contribution in [2.75, 3.05) is 26.2 Å². The molecule has 1 amide bonds. The molecule has 1 aliphatic heterocycles. The highest BCUT2D eigenvalue weighted by Gasteiger charge is 2.17. The van der Waals surface area contributed by atoms with E-state index in [1.807, 2.05) is 0 Å². The van der Waals surface area contributed by atoms with Gasteiger partial charge in [-0.05, 0) is 74.3 Å². The lowest BCUT2D eigenvalue weighted by molar-refractivity contribution is 0.0947. The minimum absolute atomic E-state index is 0.0758. The van der Waals surface area contributed by atoms with Crippen molar-refractivity contribution >= 4 is 16.8 Å². The molecule has 0 unspecified atom stereocenters. The van der Waals surface area contributed by atoms with Crippen LogP contribution >= 0.6 is 0 Å². The van der Waals surface area contributed by atoms with E-state index in [0.717, 1.165) is 30.1 Å². The Hall–Kier alpha value is -2.77. The fourth-order valence-electron chi connectivity index (χ4n) is 3.31. The maximum absolute atomic E-state index is 14.2. The SMILES string of the molecule is CCNC(=O)c1[nH]c2cc(-c3ccc(F)cc3)ccc2c1F.NC[C@H]1CCNC1. The third-order valence-electron chi connectivity index (χ3n) is 4.97. The fourth-order valence-corrected chi connectivity index (χ4v) is 3.31. The highest BCUT2D eigenvalue weighted by Crippen LogP contribution is 2.27. The molecule has 5 N–H and O–H groups in total. The zero-order chi connectivity index (χ0) is 20.8. The molecule has 154 valence electrons. The first-order valence-corrected chi connectivity index (χ1v) is 9.79. The van der Waals surface area contributed by atoms with Gasteiger partial charge < -0.3 is 21.4 Å². The first-order chi connectivity index (χ1) is 14.0. The van der Waals surface area contributed by atoms with E-state index in [1.54, 1.807) is 37.3 Å². The van der Waals surface area contributed by atoms with Crippen molar-refractivity contribution < 1.29 is 13.6 Å². The van der Waals surface area contributed by atoms with Crippen LogP contribution in [0.3, 0.4) is 0 Å². The van der Waals surface area contributed by atoms with E-state index in [-0.39, 0.29) is 11.5 Å². The minimum Gasteiger partial charge on any atom is -0.351 e. The van der Waals surface area contributed by atoms with Crippen LogP contribution in [0.1, 0.15) is 23.8 Å². The summed E-state index contributed by atoms with van der Waals surface area (Å²) in [6.45, 7) is 5.35. The standard InChI is InChI=1S/C17H14F2N2O.C5H12N2/c1-2-20-17(22)16-15(19)13-8-5-11(9-14(13)21-16)10-3-6-12(18)7-4-10;6-3-5-1-2-7-4-5/h3-9,21H,2H2,1H3,(H,20,22);5,7H,1-4,6H2/t;5-/m.1/s1. The monoisotopic (exact) mass is 400 g/mol. The van der Waals surface area contributed by atoms with Gasteiger partial charge in [-0.25, -0.2) is 8.78 Å². The summed E-state index contributed by atoms with van der Waals surface area (Å²) in [6.07, 6.45) is 1.27. The van der Waals surface area contributed by atoms with Gasteiger partial charge in [0.2, 0.25) is 0 Å². The van der Waals surface area contributed by atoms with E-state index >= 15 is 0 Å². The van der Waals surface area contributed by atoms with Gasteiger partial charge in [0, 0.05) is 17.4 Å². The van der Waals surface area contributed by atoms with Gasteiger partial charge in [-0.2, -0.15) is 0 Å². The Morgan fingerprint density at radius 2 is 1.90 bits per heavy atom. The molecule has 0 aliphatic carbocycles. The molecule has 0 saturated carbocycles. The Balaban J connectivity index is 0.000000290. The van der Waals surface area contributed by atoms with E-state index in [4.69, 9.17) is 5.73 Å². The van der Waals surface area contributed by atoms with Gasteiger partial charge in [-0.3, -0.25) is 4.79 Å². The van der Waals surface area contributed by atoms with E-state index in [2.05, 4.69) is 15.6 Å². The van der Waals surface area contributed by atoms with Crippen LogP contribution in [-0.2, 0) is 0 Å². The van der Waals surface area contributed by atoms with Crippen LogP contribution in [-0.4, -0.2) is 37.1 Å². The molecule has 7 heteroatoms. The van der Waals surface area contributed by atoms with E-state index in [0.29, 0.717) is 17.4 Å². The van der Waals surface area contributed by atoms with Gasteiger partial charge >= 0.3 is 0 Å². The molecular formula is C22H26F2N4O. The van der Waals surface area contributed by atoms with Crippen LogP contribution in [0.15, 0.2) is 42.5 Å². The number of hydrogen-bond donors (Lipinski definition) is 4. The van der Waals surface area contributed by atoms with E-state index in [1.165, 1.54) is 25.1 Å². The lowest BCUT2D eigenvalue weighted by atomic mass is 10.0. The lowest BCUT2D eigenvalue weighted by Crippen LogP contribution is -2.23. The van der Waals surface area contributed by atoms with Crippen LogP contribution in [0.5, 0.6) is 0 Å². The second-order valence-electron chi connectivity index (χ2n) is 7.04. The number of halogens is 2. The summed E-state index contributed by atoms with van der Waals surface area (Å²) in [5.41, 5.74) is 7.48. The number of carbonyl (C=O) groups excluding carboxylic acids is 1. The lowest BCUT2D eigenvalue weighted by Gasteiger charge is -2.01. The van der Waals surface area contributed by atoms with Crippen molar-refractivity contribution in [1.29, 1.82) is 0 Å². The number of hydrogen-bond acceptors (Lipinski definition) is 3. The van der Waals surface area contributed by atoms with E-state index < -0.39 is 11.7 Å². The number of benzene rings is 2. The third-order valence-corrected chi connectivity index (χ3v) is 4.97. The van der Waals surface area contributed by atoms with Crippen LogP contribution in [0.25, 0.3) is 22.0 Å². The largest absolute Gasteiger partial charge is 0.351 e. The molecule has 29 heavy (non-hydrogen) atoms. The average Bonchev–Trinajstić information content (AvgIpc) is 3.37. The predicted molar refractivity (Wildman–Crippen MR) is 112 cm³/mol. The van der Waals surface area contributed by atoms with Gasteiger partial charge in [0.1, 0.15) is 11.5 Å². The van der Waals surface area contributed by atoms with Crippen molar-refractivity contribution in [3.05, 3.63) is 59.8 Å². The molecule has 0 spiro atoms. The maximum Gasteiger partial charge on any atom is 0.270 e. The number of H-pyrrole nitrogens is 1. The Kier molecular flexibility index (Phi) is 6.95. The first kappa shape index (κ1) is 21.0. The number of nitrogens with two attached hydrogens (primary N) is 1. The van der Waals surface area contributed by atoms with Crippen LogP contribution < -0.4 is 16.4 Å². The van der Waals surface area contributed by atoms with Gasteiger partial charge in [0.05, 0.1) is 0 Å². The first-order valence-electron chi connectivity index (χ1n) is 9.79. The number of aromatic nitrogens is 1. The number of fused-ring (bicyclic) bond motifs is 1. The van der Waals surface area contributed by atoms with Crippen LogP contribution in [0.2, 0.25) is 0 Å². The molecule has 1 fully saturated rings. The molecule has 1 aromatic heterocycles. The van der Waals surface area contributed by atoms with Gasteiger partial charge in [-0.15, -0.1) is 0 Å². The quantitative estimate of drug-likeness (QED) is 0.542. The number of amides is 1. The Morgan fingerprint density at radius 1 is 1.17 bits per heavy atom. The Labute approximate surface area is 168 Å². The minimum atomic E-state index is -0.563. The summed E-state index contributed by atoms with van der Waals surface area (Å²) in [7, 11) is 0. The van der Waals surface area contributed by atoms with Crippen molar-refractivity contribution in [3.8, 4) is 11.1 Å². The molecule has 2 aromatic carbocycles. The summed E-state index contributed by atoms with van der Waals surface area (Å²) in [5, 5.41) is 6.16. The second kappa shape index (κ2) is 9.62. The van der Waals surface area contributed by atoms with E-state index in [9.17, 15) is 13.6 Å². The normalized spacial score (nSPS) is 15.8. The number of aromatic amines is 1. The summed E-state index contributed by atoms with van der Waals surface area (Å²) in [4.78, 5) is 14.6. The van der Waals surface area contributed by atoms with Crippen LogP contribution in [0, 0.1) is 17.6 Å². The average molecular weight is 400 g/mol. The smallest absolute Gasteiger partial charge is 0.270 e. The van der Waals surface area contributed by atoms with Crippen molar-refractivity contribution in [2.24, 2.45) is 11.7 Å². The predicted octanol–water partition coefficient (Wildman–Crippen LogP) is 3.42. The van der Waals surface area contributed by atoms with Crippen molar-refractivity contribution in [3.63, 3.8) is 0 Å². The zero-order valence-electron chi connectivity index (χ0n) is 16.4. The molecule has 1 saturated heterocycles. The number of nitrogens with one attached hydrogen (secondary N) is 3. The number of rotatable bonds is 4. The summed E-state index contributed by atoms with van der Waals surface area (Å²) in [5.74, 6) is -0.583. The summed E-state index contributed by atoms with van der Waals surface area (Å²) >= 11 is 0.